The summed E-state index contributed by atoms with van der Waals surface area (Å²) in [5.74, 6) is 0. The highest BCUT2D eigenvalue weighted by Gasteiger charge is 2.59. The molecule has 3 nitrogen and oxygen atoms in total. The summed E-state index contributed by atoms with van der Waals surface area (Å²) in [6.45, 7) is 13.4. The lowest BCUT2D eigenvalue weighted by atomic mass is 9.90. The van der Waals surface area contributed by atoms with Crippen LogP contribution in [-0.4, -0.2) is 50.0 Å². The number of rotatable bonds is 4. The number of likely N-dealkylation sites (tertiary alicyclic amines) is 1. The minimum Gasteiger partial charge on any atom is -0.406 e. The molecule has 0 radical (unpaired) electrons. The van der Waals surface area contributed by atoms with Gasteiger partial charge in [-0.15, -0.1) is 0 Å². The molecule has 2 aliphatic rings. The van der Waals surface area contributed by atoms with Crippen LogP contribution in [0.3, 0.4) is 0 Å². The van der Waals surface area contributed by atoms with Crippen LogP contribution in [0.15, 0.2) is 30.3 Å². The topological polar surface area (TPSA) is 21.7 Å². The molecular formula is C19H32BNO2Si. The van der Waals surface area contributed by atoms with Crippen LogP contribution in [0.25, 0.3) is 0 Å². The van der Waals surface area contributed by atoms with Gasteiger partial charge in [-0.2, -0.15) is 0 Å². The van der Waals surface area contributed by atoms with Gasteiger partial charge in [-0.3, -0.25) is 0 Å². The molecule has 0 saturated carbocycles. The van der Waals surface area contributed by atoms with Crippen molar-refractivity contribution in [1.29, 1.82) is 0 Å². The molecule has 0 N–H and O–H groups in total. The maximum Gasteiger partial charge on any atom is 0.440 e. The smallest absolute Gasteiger partial charge is 0.406 e. The zero-order chi connectivity index (χ0) is 17.4. The molecule has 0 aromatic heterocycles. The molecule has 2 heterocycles. The maximum absolute atomic E-state index is 6.54. The highest BCUT2D eigenvalue weighted by atomic mass is 28.3. The third kappa shape index (κ3) is 3.36. The van der Waals surface area contributed by atoms with Crippen LogP contribution in [0.4, 0.5) is 0 Å². The highest BCUT2D eigenvalue weighted by Crippen LogP contribution is 2.39. The minimum atomic E-state index is -1.98. The average molecular weight is 345 g/mol. The summed E-state index contributed by atoms with van der Waals surface area (Å²) in [6.07, 6.45) is 5.13. The highest BCUT2D eigenvalue weighted by molar-refractivity contribution is 7.34. The minimum absolute atomic E-state index is 0.0909. The monoisotopic (exact) mass is 345 g/mol. The molecule has 1 unspecified atom stereocenters. The van der Waals surface area contributed by atoms with E-state index in [4.69, 9.17) is 9.31 Å². The van der Waals surface area contributed by atoms with E-state index in [1.54, 1.807) is 0 Å². The van der Waals surface area contributed by atoms with E-state index in [2.05, 4.69) is 69.5 Å². The van der Waals surface area contributed by atoms with Crippen LogP contribution in [0, 0.1) is 0 Å². The Kier molecular flexibility index (Phi) is 5.00. The van der Waals surface area contributed by atoms with E-state index in [1.807, 2.05) is 0 Å². The Balaban J connectivity index is 1.91. The Morgan fingerprint density at radius 2 is 1.50 bits per heavy atom. The van der Waals surface area contributed by atoms with E-state index >= 15 is 0 Å². The van der Waals surface area contributed by atoms with Crippen molar-refractivity contribution >= 4 is 19.8 Å². The van der Waals surface area contributed by atoms with Crippen molar-refractivity contribution in [3.63, 3.8) is 0 Å². The Morgan fingerprint density at radius 3 is 2.04 bits per heavy atom. The van der Waals surface area contributed by atoms with Gasteiger partial charge in [0.15, 0.2) is 0 Å². The van der Waals surface area contributed by atoms with E-state index in [0.717, 1.165) is 6.17 Å². The molecule has 0 amide bonds. The van der Waals surface area contributed by atoms with Gasteiger partial charge in [0.2, 0.25) is 0 Å². The van der Waals surface area contributed by atoms with Crippen LogP contribution in [0.1, 0.15) is 47.0 Å². The molecule has 1 aromatic rings. The van der Waals surface area contributed by atoms with Crippen LogP contribution in [0.5, 0.6) is 0 Å². The van der Waals surface area contributed by atoms with Gasteiger partial charge in [0, 0.05) is 0 Å². The first kappa shape index (κ1) is 18.2. The van der Waals surface area contributed by atoms with Crippen LogP contribution in [0.2, 0.25) is 6.55 Å². The largest absolute Gasteiger partial charge is 0.440 e. The first-order valence-corrected chi connectivity index (χ1v) is 12.2. The van der Waals surface area contributed by atoms with Crippen molar-refractivity contribution in [2.75, 3.05) is 19.3 Å². The fraction of sp³-hybridized carbons (Fsp3) is 0.684. The van der Waals surface area contributed by atoms with Gasteiger partial charge in [-0.25, -0.2) is 0 Å². The van der Waals surface area contributed by atoms with Crippen LogP contribution >= 0.6 is 0 Å². The van der Waals surface area contributed by atoms with Crippen molar-refractivity contribution in [2.24, 2.45) is 0 Å². The average Bonchev–Trinajstić information content (AvgIpc) is 2.77. The Bertz CT molecular complexity index is 544. The second-order valence-corrected chi connectivity index (χ2v) is 12.9. The summed E-state index contributed by atoms with van der Waals surface area (Å²) >= 11 is 0. The lowest BCUT2D eigenvalue weighted by Crippen LogP contribution is -2.66. The van der Waals surface area contributed by atoms with Crippen molar-refractivity contribution < 1.29 is 9.31 Å². The second-order valence-electron chi connectivity index (χ2n) is 8.71. The van der Waals surface area contributed by atoms with E-state index in [9.17, 15) is 0 Å². The molecule has 2 fully saturated rings. The lowest BCUT2D eigenvalue weighted by Gasteiger charge is -2.37. The predicted molar refractivity (Wildman–Crippen MR) is 104 cm³/mol. The van der Waals surface area contributed by atoms with Gasteiger partial charge in [-0.1, -0.05) is 48.5 Å². The molecule has 3 rings (SSSR count). The first-order valence-electron chi connectivity index (χ1n) is 9.38. The van der Waals surface area contributed by atoms with Crippen molar-refractivity contribution in [3.8, 4) is 0 Å². The van der Waals surface area contributed by atoms with Gasteiger partial charge in [0.25, 0.3) is 0 Å². The van der Waals surface area contributed by atoms with Crippen molar-refractivity contribution in [2.45, 2.75) is 64.7 Å². The van der Waals surface area contributed by atoms with E-state index in [1.165, 1.54) is 37.5 Å². The molecule has 0 aliphatic carbocycles. The van der Waals surface area contributed by atoms with E-state index in [-0.39, 0.29) is 17.9 Å². The molecule has 24 heavy (non-hydrogen) atoms. The number of hydrogen-bond acceptors (Lipinski definition) is 3. The van der Waals surface area contributed by atoms with Crippen molar-refractivity contribution in [1.82, 2.24) is 4.90 Å². The summed E-state index contributed by atoms with van der Waals surface area (Å²) in [5.41, 5.74) is -0.523. The van der Waals surface area contributed by atoms with Gasteiger partial charge >= 0.3 is 6.71 Å². The van der Waals surface area contributed by atoms with Gasteiger partial charge < -0.3 is 14.2 Å². The lowest BCUT2D eigenvalue weighted by molar-refractivity contribution is 0.00578. The van der Waals surface area contributed by atoms with Crippen LogP contribution in [-0.2, 0) is 9.31 Å². The molecule has 0 spiro atoms. The van der Waals surface area contributed by atoms with Gasteiger partial charge in [0.05, 0.1) is 11.2 Å². The molecule has 132 valence electrons. The maximum atomic E-state index is 6.54. The fourth-order valence-electron chi connectivity index (χ4n) is 3.81. The standard InChI is InChI=1S/C19H32BNO2Si/c1-18(2)19(3,4)23-20(22-18)24(5,17-12-8-6-9-13-17)16-21-14-10-7-11-15-21/h6,8-9,12-13H,7,10-11,14-16H2,1-5H3. The predicted octanol–water partition coefficient (Wildman–Crippen LogP) is 3.17. The molecular weight excluding hydrogens is 313 g/mol. The third-order valence-electron chi connectivity index (χ3n) is 6.21. The summed E-state index contributed by atoms with van der Waals surface area (Å²) < 4.78 is 13.1. The van der Waals surface area contributed by atoms with Gasteiger partial charge in [0.1, 0.15) is 7.94 Å². The third-order valence-corrected chi connectivity index (χ3v) is 10.2. The molecule has 1 atom stereocenters. The normalized spacial score (nSPS) is 26.3. The zero-order valence-corrected chi connectivity index (χ0v) is 17.0. The first-order chi connectivity index (χ1) is 11.2. The molecule has 1 aromatic carbocycles. The summed E-state index contributed by atoms with van der Waals surface area (Å²) in [5, 5.41) is 1.44. The SMILES string of the molecule is CC1(C)OB([Si](C)(CN2CCCCC2)c2ccccc2)OC1(C)C. The van der Waals surface area contributed by atoms with E-state index in [0.29, 0.717) is 0 Å². The number of benzene rings is 1. The molecule has 2 saturated heterocycles. The molecule has 0 bridgehead atoms. The fourth-order valence-corrected chi connectivity index (χ4v) is 7.72. The second kappa shape index (κ2) is 6.60. The number of nitrogens with zero attached hydrogens (tertiary/aromatic N) is 1. The molecule has 2 aliphatic heterocycles. The quantitative estimate of drug-likeness (QED) is 0.783. The Morgan fingerprint density at radius 1 is 0.958 bits per heavy atom. The Hall–Kier alpha value is -0.618. The van der Waals surface area contributed by atoms with E-state index < -0.39 is 7.94 Å². The molecule has 5 heteroatoms. The summed E-state index contributed by atoms with van der Waals surface area (Å²) in [7, 11) is -1.98. The number of piperidine rings is 1. The summed E-state index contributed by atoms with van der Waals surface area (Å²) in [4.78, 5) is 2.65. The Labute approximate surface area is 148 Å². The van der Waals surface area contributed by atoms with Crippen molar-refractivity contribution in [3.05, 3.63) is 30.3 Å². The number of hydrogen-bond donors (Lipinski definition) is 0. The summed E-state index contributed by atoms with van der Waals surface area (Å²) in [6, 6.07) is 11.0. The zero-order valence-electron chi connectivity index (χ0n) is 16.0. The van der Waals surface area contributed by atoms with Gasteiger partial charge in [-0.05, 0) is 59.8 Å². The van der Waals surface area contributed by atoms with Crippen LogP contribution < -0.4 is 5.19 Å².